The van der Waals surface area contributed by atoms with Gasteiger partial charge in [-0.3, -0.25) is 9.48 Å². The maximum absolute atomic E-state index is 13.0. The Morgan fingerprint density at radius 2 is 1.70 bits per heavy atom. The van der Waals surface area contributed by atoms with E-state index >= 15 is 0 Å². The Bertz CT molecular complexity index is 1030. The first-order chi connectivity index (χ1) is 14.3. The molecule has 0 saturated heterocycles. The van der Waals surface area contributed by atoms with Gasteiger partial charge in [0, 0.05) is 13.6 Å². The molecule has 0 fully saturated rings. The van der Waals surface area contributed by atoms with Crippen LogP contribution in [0.5, 0.6) is 0 Å². The lowest BCUT2D eigenvalue weighted by molar-refractivity contribution is -0.133. The van der Waals surface area contributed by atoms with Gasteiger partial charge >= 0.3 is 5.97 Å². The van der Waals surface area contributed by atoms with Gasteiger partial charge in [-0.25, -0.2) is 9.18 Å². The number of ether oxygens (including phenoxy) is 1. The number of aromatic nitrogens is 2. The third kappa shape index (κ3) is 5.11. The normalized spacial score (nSPS) is 10.7. The standard InChI is InChI=1S/C23H24FN3O3/c1-16-22(17(2)27(25-16)14-18-7-5-4-6-8-18)23(29)30-15-21(28)26(3)13-19-9-11-20(24)12-10-19/h4-12H,13-15H2,1-3H3. The van der Waals surface area contributed by atoms with Gasteiger partial charge in [0.25, 0.3) is 5.91 Å². The summed E-state index contributed by atoms with van der Waals surface area (Å²) >= 11 is 0. The highest BCUT2D eigenvalue weighted by Gasteiger charge is 2.21. The first kappa shape index (κ1) is 21.2. The second-order valence-electron chi connectivity index (χ2n) is 7.14. The summed E-state index contributed by atoms with van der Waals surface area (Å²) in [5.41, 5.74) is 3.47. The van der Waals surface area contributed by atoms with Gasteiger partial charge in [0.2, 0.25) is 0 Å². The molecule has 1 aromatic heterocycles. The maximum atomic E-state index is 13.0. The molecule has 0 aliphatic heterocycles. The molecule has 6 nitrogen and oxygen atoms in total. The van der Waals surface area contributed by atoms with Crippen molar-refractivity contribution in [2.75, 3.05) is 13.7 Å². The van der Waals surface area contributed by atoms with Crippen molar-refractivity contribution >= 4 is 11.9 Å². The van der Waals surface area contributed by atoms with Crippen molar-refractivity contribution in [1.29, 1.82) is 0 Å². The van der Waals surface area contributed by atoms with Crippen molar-refractivity contribution in [2.24, 2.45) is 0 Å². The lowest BCUT2D eigenvalue weighted by atomic mass is 10.2. The van der Waals surface area contributed by atoms with E-state index in [1.54, 1.807) is 30.8 Å². The molecule has 30 heavy (non-hydrogen) atoms. The number of aryl methyl sites for hydroxylation is 1. The minimum atomic E-state index is -0.576. The summed E-state index contributed by atoms with van der Waals surface area (Å²) in [6.45, 7) is 4.01. The molecule has 2 aromatic carbocycles. The molecule has 3 aromatic rings. The fourth-order valence-corrected chi connectivity index (χ4v) is 3.16. The van der Waals surface area contributed by atoms with Gasteiger partial charge in [-0.2, -0.15) is 5.10 Å². The van der Waals surface area contributed by atoms with Crippen LogP contribution in [-0.2, 0) is 22.6 Å². The van der Waals surface area contributed by atoms with Gasteiger partial charge in [-0.05, 0) is 37.1 Å². The van der Waals surface area contributed by atoms with E-state index in [9.17, 15) is 14.0 Å². The SMILES string of the molecule is Cc1nn(Cc2ccccc2)c(C)c1C(=O)OCC(=O)N(C)Cc1ccc(F)cc1. The fourth-order valence-electron chi connectivity index (χ4n) is 3.16. The van der Waals surface area contributed by atoms with Crippen LogP contribution in [0.4, 0.5) is 4.39 Å². The minimum Gasteiger partial charge on any atom is -0.452 e. The van der Waals surface area contributed by atoms with E-state index in [0.29, 0.717) is 30.0 Å². The van der Waals surface area contributed by atoms with Gasteiger partial charge in [0.15, 0.2) is 6.61 Å². The third-order valence-corrected chi connectivity index (χ3v) is 4.85. The lowest BCUT2D eigenvalue weighted by Crippen LogP contribution is -2.31. The van der Waals surface area contributed by atoms with Crippen molar-refractivity contribution in [2.45, 2.75) is 26.9 Å². The molecule has 0 bridgehead atoms. The second kappa shape index (κ2) is 9.35. The molecule has 0 spiro atoms. The summed E-state index contributed by atoms with van der Waals surface area (Å²) in [5.74, 6) is -1.26. The van der Waals surface area contributed by atoms with Crippen LogP contribution in [0.1, 0.15) is 32.9 Å². The summed E-state index contributed by atoms with van der Waals surface area (Å²) in [6, 6.07) is 15.7. The van der Waals surface area contributed by atoms with Crippen LogP contribution in [0.25, 0.3) is 0 Å². The summed E-state index contributed by atoms with van der Waals surface area (Å²) < 4.78 is 20.0. The first-order valence-corrected chi connectivity index (χ1v) is 9.58. The summed E-state index contributed by atoms with van der Waals surface area (Å²) in [6.07, 6.45) is 0. The van der Waals surface area contributed by atoms with Crippen molar-refractivity contribution in [3.63, 3.8) is 0 Å². The monoisotopic (exact) mass is 409 g/mol. The van der Waals surface area contributed by atoms with Crippen LogP contribution in [0, 0.1) is 19.7 Å². The number of carbonyl (C=O) groups excluding carboxylic acids is 2. The van der Waals surface area contributed by atoms with E-state index in [1.165, 1.54) is 17.0 Å². The molecule has 3 rings (SSSR count). The van der Waals surface area contributed by atoms with Crippen molar-refractivity contribution < 1.29 is 18.7 Å². The zero-order chi connectivity index (χ0) is 21.7. The van der Waals surface area contributed by atoms with Gasteiger partial charge in [0.05, 0.1) is 17.9 Å². The van der Waals surface area contributed by atoms with E-state index < -0.39 is 5.97 Å². The highest BCUT2D eigenvalue weighted by molar-refractivity contribution is 5.93. The number of esters is 1. The van der Waals surface area contributed by atoms with Crippen LogP contribution >= 0.6 is 0 Å². The predicted octanol–water partition coefficient (Wildman–Crippen LogP) is 3.50. The molecule has 7 heteroatoms. The van der Waals surface area contributed by atoms with Gasteiger partial charge in [-0.1, -0.05) is 42.5 Å². The highest BCUT2D eigenvalue weighted by Crippen LogP contribution is 2.16. The predicted molar refractivity (Wildman–Crippen MR) is 110 cm³/mol. The van der Waals surface area contributed by atoms with E-state index in [1.807, 2.05) is 37.3 Å². The van der Waals surface area contributed by atoms with Crippen LogP contribution in [0.2, 0.25) is 0 Å². The van der Waals surface area contributed by atoms with Crippen molar-refractivity contribution in [1.82, 2.24) is 14.7 Å². The number of rotatable bonds is 7. The number of hydrogen-bond donors (Lipinski definition) is 0. The molecule has 1 heterocycles. The number of amides is 1. The largest absolute Gasteiger partial charge is 0.452 e. The van der Waals surface area contributed by atoms with E-state index in [4.69, 9.17) is 4.74 Å². The quantitative estimate of drug-likeness (QED) is 0.561. The van der Waals surface area contributed by atoms with Crippen molar-refractivity contribution in [3.8, 4) is 0 Å². The van der Waals surface area contributed by atoms with Crippen LogP contribution < -0.4 is 0 Å². The number of likely N-dealkylation sites (N-methyl/N-ethyl adjacent to an activating group) is 1. The molecule has 0 saturated carbocycles. The fraction of sp³-hybridized carbons (Fsp3) is 0.261. The van der Waals surface area contributed by atoms with Gasteiger partial charge in [0.1, 0.15) is 11.4 Å². The van der Waals surface area contributed by atoms with Crippen molar-refractivity contribution in [3.05, 3.63) is 88.5 Å². The summed E-state index contributed by atoms with van der Waals surface area (Å²) in [4.78, 5) is 26.3. The smallest absolute Gasteiger partial charge is 0.342 e. The number of nitrogens with zero attached hydrogens (tertiary/aromatic N) is 3. The van der Waals surface area contributed by atoms with E-state index in [-0.39, 0.29) is 18.3 Å². The zero-order valence-electron chi connectivity index (χ0n) is 17.3. The van der Waals surface area contributed by atoms with E-state index in [2.05, 4.69) is 5.10 Å². The average molecular weight is 409 g/mol. The molecule has 0 unspecified atom stereocenters. The molecule has 0 atom stereocenters. The topological polar surface area (TPSA) is 64.4 Å². The Morgan fingerprint density at radius 1 is 1.03 bits per heavy atom. The van der Waals surface area contributed by atoms with Gasteiger partial charge in [-0.15, -0.1) is 0 Å². The highest BCUT2D eigenvalue weighted by atomic mass is 19.1. The lowest BCUT2D eigenvalue weighted by Gasteiger charge is -2.17. The molecule has 0 aliphatic rings. The Balaban J connectivity index is 1.60. The summed E-state index contributed by atoms with van der Waals surface area (Å²) in [5, 5.41) is 4.44. The maximum Gasteiger partial charge on any atom is 0.342 e. The third-order valence-electron chi connectivity index (χ3n) is 4.85. The van der Waals surface area contributed by atoms with Crippen LogP contribution in [0.3, 0.4) is 0 Å². The van der Waals surface area contributed by atoms with Gasteiger partial charge < -0.3 is 9.64 Å². The molecule has 0 aliphatic carbocycles. The molecular weight excluding hydrogens is 385 g/mol. The Labute approximate surface area is 174 Å². The molecule has 0 radical (unpaired) electrons. The number of benzene rings is 2. The molecule has 156 valence electrons. The average Bonchev–Trinajstić information content (AvgIpc) is 3.01. The summed E-state index contributed by atoms with van der Waals surface area (Å²) in [7, 11) is 1.61. The molecule has 0 N–H and O–H groups in total. The van der Waals surface area contributed by atoms with Crippen LogP contribution in [0.15, 0.2) is 54.6 Å². The Kier molecular flexibility index (Phi) is 6.61. The first-order valence-electron chi connectivity index (χ1n) is 9.58. The Hall–Kier alpha value is -3.48. The number of carbonyl (C=O) groups is 2. The molecule has 1 amide bonds. The number of halogens is 1. The molecular formula is C23H24FN3O3. The zero-order valence-corrected chi connectivity index (χ0v) is 17.3. The number of hydrogen-bond acceptors (Lipinski definition) is 4. The van der Waals surface area contributed by atoms with E-state index in [0.717, 1.165) is 11.1 Å². The van der Waals surface area contributed by atoms with Crippen LogP contribution in [-0.4, -0.2) is 40.2 Å². The Morgan fingerprint density at radius 3 is 2.37 bits per heavy atom. The second-order valence-corrected chi connectivity index (χ2v) is 7.14. The minimum absolute atomic E-state index is 0.295.